The number of carbonyl (C=O) groups is 1. The maximum absolute atomic E-state index is 13.3. The molecule has 0 N–H and O–H groups in total. The highest BCUT2D eigenvalue weighted by Crippen LogP contribution is 2.60. The number of Topliss-reactive ketones (excluding diaryl/α,β-unsaturated/α-hetero) is 1. The Morgan fingerprint density at radius 1 is 0.952 bits per heavy atom. The Kier molecular flexibility index (Phi) is 3.26. The number of nitrogens with zero attached hydrogens (tertiary/aromatic N) is 1. The van der Waals surface area contributed by atoms with Crippen molar-refractivity contribution in [3.8, 4) is 0 Å². The molecule has 0 heterocycles. The summed E-state index contributed by atoms with van der Waals surface area (Å²) in [6.07, 6.45) is 13.4. The number of rotatable bonds is 4. The first-order chi connectivity index (χ1) is 9.97. The molecule has 21 heavy (non-hydrogen) atoms. The van der Waals surface area contributed by atoms with E-state index >= 15 is 0 Å². The molecule has 5 aliphatic carbocycles. The van der Waals surface area contributed by atoms with Crippen molar-refractivity contribution in [2.45, 2.75) is 70.3 Å². The molecule has 0 aromatic rings. The van der Waals surface area contributed by atoms with Gasteiger partial charge >= 0.3 is 0 Å². The van der Waals surface area contributed by atoms with Crippen LogP contribution in [0.25, 0.3) is 0 Å². The van der Waals surface area contributed by atoms with Crippen LogP contribution in [0.2, 0.25) is 0 Å². The lowest BCUT2D eigenvalue weighted by Gasteiger charge is -2.56. The van der Waals surface area contributed by atoms with Crippen molar-refractivity contribution in [2.24, 2.45) is 23.2 Å². The van der Waals surface area contributed by atoms with Crippen molar-refractivity contribution in [2.75, 3.05) is 20.6 Å². The first-order valence-electron chi connectivity index (χ1n) is 9.33. The van der Waals surface area contributed by atoms with Crippen LogP contribution >= 0.6 is 0 Å². The van der Waals surface area contributed by atoms with E-state index < -0.39 is 0 Å². The average molecular weight is 290 g/mol. The van der Waals surface area contributed by atoms with Gasteiger partial charge in [-0.25, -0.2) is 0 Å². The quantitative estimate of drug-likeness (QED) is 0.720. The minimum Gasteiger partial charge on any atom is -0.320 e. The summed E-state index contributed by atoms with van der Waals surface area (Å²) in [7, 11) is 4.63. The Morgan fingerprint density at radius 3 is 1.90 bits per heavy atom. The van der Waals surface area contributed by atoms with Crippen molar-refractivity contribution in [3.05, 3.63) is 0 Å². The van der Waals surface area contributed by atoms with Crippen LogP contribution in [0.3, 0.4) is 0 Å². The van der Waals surface area contributed by atoms with Crippen molar-refractivity contribution in [3.63, 3.8) is 0 Å². The predicted octanol–water partition coefficient (Wildman–Crippen LogP) is 3.79. The highest BCUT2D eigenvalue weighted by Gasteiger charge is 2.55. The largest absolute Gasteiger partial charge is 0.320 e. The Labute approximate surface area is 129 Å². The molecule has 2 heteroatoms. The van der Waals surface area contributed by atoms with E-state index in [9.17, 15) is 4.79 Å². The van der Waals surface area contributed by atoms with Crippen LogP contribution in [0.1, 0.15) is 64.2 Å². The van der Waals surface area contributed by atoms with Gasteiger partial charge in [-0.2, -0.15) is 0 Å². The van der Waals surface area contributed by atoms with Gasteiger partial charge in [-0.3, -0.25) is 4.79 Å². The number of hydrogen-bond acceptors (Lipinski definition) is 1. The van der Waals surface area contributed by atoms with Crippen molar-refractivity contribution < 1.29 is 9.28 Å². The summed E-state index contributed by atoms with van der Waals surface area (Å²) in [6.45, 7) is 0.802. The Hall–Kier alpha value is -0.370. The van der Waals surface area contributed by atoms with Crippen LogP contribution in [0.5, 0.6) is 0 Å². The van der Waals surface area contributed by atoms with Gasteiger partial charge in [0.05, 0.1) is 20.1 Å². The van der Waals surface area contributed by atoms with Crippen LogP contribution in [-0.4, -0.2) is 36.9 Å². The molecule has 118 valence electrons. The molecule has 2 nitrogen and oxygen atoms in total. The molecule has 0 saturated heterocycles. The van der Waals surface area contributed by atoms with E-state index in [0.717, 1.165) is 34.8 Å². The third-order valence-corrected chi connectivity index (χ3v) is 7.49. The number of hydrogen-bond donors (Lipinski definition) is 0. The normalized spacial score (nSPS) is 42.7. The van der Waals surface area contributed by atoms with Crippen molar-refractivity contribution in [1.82, 2.24) is 0 Å². The molecule has 0 aromatic heterocycles. The molecule has 0 atom stereocenters. The zero-order valence-electron chi connectivity index (χ0n) is 13.9. The Bertz CT molecular complexity index is 398. The zero-order chi connectivity index (χ0) is 14.7. The van der Waals surface area contributed by atoms with Crippen LogP contribution in [-0.2, 0) is 4.79 Å². The van der Waals surface area contributed by atoms with Crippen molar-refractivity contribution in [1.29, 1.82) is 0 Å². The fourth-order valence-electron chi connectivity index (χ4n) is 6.72. The van der Waals surface area contributed by atoms with E-state index in [1.807, 2.05) is 0 Å². The zero-order valence-corrected chi connectivity index (χ0v) is 13.9. The van der Waals surface area contributed by atoms with Crippen LogP contribution < -0.4 is 0 Å². The minimum absolute atomic E-state index is 0.114. The smallest absolute Gasteiger partial charge is 0.192 e. The van der Waals surface area contributed by atoms with E-state index in [2.05, 4.69) is 14.1 Å². The minimum atomic E-state index is 0.114. The summed E-state index contributed by atoms with van der Waals surface area (Å²) in [5.41, 5.74) is 0.114. The van der Waals surface area contributed by atoms with Crippen molar-refractivity contribution >= 4 is 5.78 Å². The summed E-state index contributed by atoms with van der Waals surface area (Å²) in [4.78, 5) is 13.3. The molecule has 0 aliphatic heterocycles. The Morgan fingerprint density at radius 2 is 1.43 bits per heavy atom. The molecule has 5 rings (SSSR count). The molecule has 5 saturated carbocycles. The standard InChI is InChI=1S/C19H32NO/c1-20(2,17-5-3-4-6-17)13-18(21)19-10-14-7-15(11-19)9-16(8-14)12-19/h14-17H,3-13H2,1-2H3/q+1. The van der Waals surface area contributed by atoms with E-state index in [4.69, 9.17) is 0 Å². The fraction of sp³-hybridized carbons (Fsp3) is 0.947. The highest BCUT2D eigenvalue weighted by molar-refractivity contribution is 5.86. The fourth-order valence-corrected chi connectivity index (χ4v) is 6.72. The molecule has 5 aliphatic rings. The molecule has 0 amide bonds. The summed E-state index contributed by atoms with van der Waals surface area (Å²) in [6, 6.07) is 0.739. The van der Waals surface area contributed by atoms with Gasteiger partial charge in [0.25, 0.3) is 0 Å². The number of ketones is 1. The second-order valence-corrected chi connectivity index (χ2v) is 9.50. The van der Waals surface area contributed by atoms with Gasteiger partial charge < -0.3 is 4.48 Å². The van der Waals surface area contributed by atoms with Gasteiger partial charge in [0, 0.05) is 5.41 Å². The van der Waals surface area contributed by atoms with E-state index in [1.54, 1.807) is 0 Å². The maximum Gasteiger partial charge on any atom is 0.192 e. The van der Waals surface area contributed by atoms with Crippen LogP contribution in [0.15, 0.2) is 0 Å². The SMILES string of the molecule is C[N+](C)(CC(=O)C12CC3CC(CC(C3)C1)C2)C1CCCC1. The van der Waals surface area contributed by atoms with Gasteiger partial charge in [0.2, 0.25) is 0 Å². The van der Waals surface area contributed by atoms with Crippen LogP contribution in [0, 0.1) is 23.2 Å². The first-order valence-corrected chi connectivity index (χ1v) is 9.33. The molecule has 0 radical (unpaired) electrons. The lowest BCUT2D eigenvalue weighted by Crippen LogP contribution is -2.57. The number of quaternary nitrogens is 1. The monoisotopic (exact) mass is 290 g/mol. The van der Waals surface area contributed by atoms with Gasteiger partial charge in [-0.05, 0) is 82.0 Å². The van der Waals surface area contributed by atoms with Gasteiger partial charge in [0.1, 0.15) is 6.54 Å². The molecule has 0 aromatic carbocycles. The molecule has 5 fully saturated rings. The Balaban J connectivity index is 1.49. The third-order valence-electron chi connectivity index (χ3n) is 7.49. The maximum atomic E-state index is 13.3. The third kappa shape index (κ3) is 2.38. The van der Waals surface area contributed by atoms with Gasteiger partial charge in [0.15, 0.2) is 5.78 Å². The highest BCUT2D eigenvalue weighted by atomic mass is 16.1. The number of likely N-dealkylation sites (N-methyl/N-ethyl adjacent to an activating group) is 1. The number of carbonyl (C=O) groups excluding carboxylic acids is 1. The van der Waals surface area contributed by atoms with E-state index in [1.165, 1.54) is 64.2 Å². The molecule has 4 bridgehead atoms. The van der Waals surface area contributed by atoms with E-state index in [0.29, 0.717) is 5.78 Å². The molecule has 0 spiro atoms. The topological polar surface area (TPSA) is 17.1 Å². The molecular weight excluding hydrogens is 258 g/mol. The molecule has 0 unspecified atom stereocenters. The molecular formula is C19H32NO+. The van der Waals surface area contributed by atoms with Gasteiger partial charge in [-0.1, -0.05) is 0 Å². The van der Waals surface area contributed by atoms with Gasteiger partial charge in [-0.15, -0.1) is 0 Å². The summed E-state index contributed by atoms with van der Waals surface area (Å²) >= 11 is 0. The van der Waals surface area contributed by atoms with E-state index in [-0.39, 0.29) is 5.41 Å². The summed E-state index contributed by atoms with van der Waals surface area (Å²) in [5.74, 6) is 3.31. The summed E-state index contributed by atoms with van der Waals surface area (Å²) in [5, 5.41) is 0. The second-order valence-electron chi connectivity index (χ2n) is 9.50. The predicted molar refractivity (Wildman–Crippen MR) is 84.8 cm³/mol. The summed E-state index contributed by atoms with van der Waals surface area (Å²) < 4.78 is 0.959. The lowest BCUT2D eigenvalue weighted by atomic mass is 9.48. The second kappa shape index (κ2) is 4.81. The lowest BCUT2D eigenvalue weighted by molar-refractivity contribution is -0.907. The van der Waals surface area contributed by atoms with Crippen LogP contribution in [0.4, 0.5) is 0 Å². The first kappa shape index (κ1) is 14.2. The average Bonchev–Trinajstić information content (AvgIpc) is 2.90.